The quantitative estimate of drug-likeness (QED) is 0.494. The number of aromatic nitrogens is 1. The Bertz CT molecular complexity index is 1150. The van der Waals surface area contributed by atoms with Crippen LogP contribution in [-0.4, -0.2) is 34.6 Å². The van der Waals surface area contributed by atoms with Crippen LogP contribution in [0.5, 0.6) is 5.75 Å². The number of rotatable bonds is 8. The Morgan fingerprint density at radius 1 is 1.12 bits per heavy atom. The SMILES string of the molecule is CCN(Cc1cccc(NC(=O)c2cccc(OCc3c(C)noc3C)c2)c1)C(=O)C(F)(F)F. The summed E-state index contributed by atoms with van der Waals surface area (Å²) in [6.45, 7) is 4.97. The number of hydrogen-bond donors (Lipinski definition) is 1. The maximum Gasteiger partial charge on any atom is 0.471 e. The lowest BCUT2D eigenvalue weighted by Gasteiger charge is -2.22. The lowest BCUT2D eigenvalue weighted by Crippen LogP contribution is -2.40. The van der Waals surface area contributed by atoms with Gasteiger partial charge in [-0.15, -0.1) is 0 Å². The topological polar surface area (TPSA) is 84.7 Å². The van der Waals surface area contributed by atoms with E-state index in [4.69, 9.17) is 9.26 Å². The Kier molecular flexibility index (Phi) is 7.60. The van der Waals surface area contributed by atoms with Gasteiger partial charge in [-0.3, -0.25) is 9.59 Å². The number of halogens is 3. The van der Waals surface area contributed by atoms with E-state index in [-0.39, 0.29) is 19.7 Å². The second-order valence-electron chi connectivity index (χ2n) is 7.59. The van der Waals surface area contributed by atoms with Gasteiger partial charge in [-0.25, -0.2) is 0 Å². The number of carbonyl (C=O) groups excluding carboxylic acids is 2. The molecule has 0 radical (unpaired) electrons. The third-order valence-electron chi connectivity index (χ3n) is 5.13. The minimum Gasteiger partial charge on any atom is -0.489 e. The molecule has 2 aromatic carbocycles. The van der Waals surface area contributed by atoms with Gasteiger partial charge < -0.3 is 19.5 Å². The number of nitrogens with zero attached hydrogens (tertiary/aromatic N) is 2. The average Bonchev–Trinajstić information content (AvgIpc) is 3.12. The fourth-order valence-electron chi connectivity index (χ4n) is 3.27. The summed E-state index contributed by atoms with van der Waals surface area (Å²) in [6, 6.07) is 12.9. The highest BCUT2D eigenvalue weighted by molar-refractivity contribution is 6.04. The van der Waals surface area contributed by atoms with E-state index in [2.05, 4.69) is 10.5 Å². The van der Waals surface area contributed by atoms with Gasteiger partial charge >= 0.3 is 12.1 Å². The number of carbonyl (C=O) groups is 2. The van der Waals surface area contributed by atoms with E-state index in [1.807, 2.05) is 6.92 Å². The molecule has 0 unspecified atom stereocenters. The molecule has 7 nitrogen and oxygen atoms in total. The number of anilines is 1. The number of benzene rings is 2. The van der Waals surface area contributed by atoms with E-state index in [1.54, 1.807) is 49.4 Å². The smallest absolute Gasteiger partial charge is 0.471 e. The lowest BCUT2D eigenvalue weighted by molar-refractivity contribution is -0.185. The molecule has 0 aliphatic rings. The summed E-state index contributed by atoms with van der Waals surface area (Å²) in [5.41, 5.74) is 2.74. The Morgan fingerprint density at radius 2 is 1.85 bits per heavy atom. The molecule has 2 amide bonds. The largest absolute Gasteiger partial charge is 0.489 e. The van der Waals surface area contributed by atoms with Gasteiger partial charge in [0, 0.05) is 24.3 Å². The number of alkyl halides is 3. The van der Waals surface area contributed by atoms with Gasteiger partial charge in [0.05, 0.1) is 11.3 Å². The first-order valence-electron chi connectivity index (χ1n) is 10.5. The summed E-state index contributed by atoms with van der Waals surface area (Å²) in [6.07, 6.45) is -4.94. The molecular formula is C24H24F3N3O4. The van der Waals surface area contributed by atoms with Crippen molar-refractivity contribution in [2.24, 2.45) is 0 Å². The van der Waals surface area contributed by atoms with E-state index in [1.165, 1.54) is 13.0 Å². The molecule has 0 saturated heterocycles. The van der Waals surface area contributed by atoms with Crippen molar-refractivity contribution in [3.05, 3.63) is 76.7 Å². The van der Waals surface area contributed by atoms with Crippen LogP contribution in [0.1, 0.15) is 39.9 Å². The van der Waals surface area contributed by atoms with Gasteiger partial charge in [0.1, 0.15) is 18.1 Å². The molecule has 0 saturated carbocycles. The molecule has 0 atom stereocenters. The molecule has 1 N–H and O–H groups in total. The molecule has 0 aliphatic carbocycles. The zero-order chi connectivity index (χ0) is 24.9. The molecule has 1 heterocycles. The Hall–Kier alpha value is -3.82. The number of aryl methyl sites for hydroxylation is 2. The van der Waals surface area contributed by atoms with Crippen LogP contribution in [-0.2, 0) is 17.9 Å². The van der Waals surface area contributed by atoms with E-state index < -0.39 is 18.0 Å². The Balaban J connectivity index is 1.67. The van der Waals surface area contributed by atoms with Crippen LogP contribution in [0.15, 0.2) is 53.1 Å². The summed E-state index contributed by atoms with van der Waals surface area (Å²) in [5, 5.41) is 6.60. The van der Waals surface area contributed by atoms with Crippen molar-refractivity contribution in [1.82, 2.24) is 10.1 Å². The first kappa shape index (κ1) is 24.8. The first-order chi connectivity index (χ1) is 16.1. The average molecular weight is 475 g/mol. The number of ether oxygens (including phenoxy) is 1. The van der Waals surface area contributed by atoms with Crippen molar-refractivity contribution < 1.29 is 32.0 Å². The van der Waals surface area contributed by atoms with Crippen molar-refractivity contribution in [1.29, 1.82) is 0 Å². The molecule has 3 rings (SSSR count). The molecule has 10 heteroatoms. The monoisotopic (exact) mass is 475 g/mol. The third-order valence-corrected chi connectivity index (χ3v) is 5.13. The summed E-state index contributed by atoms with van der Waals surface area (Å²) in [4.78, 5) is 25.0. The molecule has 0 spiro atoms. The predicted octanol–water partition coefficient (Wildman–Crippen LogP) is 5.03. The number of nitrogens with one attached hydrogen (secondary N) is 1. The minimum absolute atomic E-state index is 0.102. The van der Waals surface area contributed by atoms with Crippen LogP contribution >= 0.6 is 0 Å². The van der Waals surface area contributed by atoms with Crippen LogP contribution in [0, 0.1) is 13.8 Å². The van der Waals surface area contributed by atoms with Crippen LogP contribution in [0.2, 0.25) is 0 Å². The van der Waals surface area contributed by atoms with Crippen molar-refractivity contribution >= 4 is 17.5 Å². The van der Waals surface area contributed by atoms with Crippen molar-refractivity contribution in [3.8, 4) is 5.75 Å². The van der Waals surface area contributed by atoms with Crippen LogP contribution < -0.4 is 10.1 Å². The predicted molar refractivity (Wildman–Crippen MR) is 118 cm³/mol. The molecule has 3 aromatic rings. The first-order valence-corrected chi connectivity index (χ1v) is 10.5. The molecule has 1 aromatic heterocycles. The molecule has 180 valence electrons. The highest BCUT2D eigenvalue weighted by atomic mass is 19.4. The van der Waals surface area contributed by atoms with E-state index in [0.29, 0.717) is 33.2 Å². The molecular weight excluding hydrogens is 451 g/mol. The normalized spacial score (nSPS) is 11.2. The number of hydrogen-bond acceptors (Lipinski definition) is 5. The van der Waals surface area contributed by atoms with Gasteiger partial charge in [-0.2, -0.15) is 13.2 Å². The summed E-state index contributed by atoms with van der Waals surface area (Å²) < 4.78 is 49.2. The van der Waals surface area contributed by atoms with Gasteiger partial charge in [0.2, 0.25) is 0 Å². The standard InChI is InChI=1S/C24H24F3N3O4/c1-4-30(23(32)24(25,26)27)13-17-7-5-9-19(11-17)28-22(31)18-8-6-10-20(12-18)33-14-21-15(2)29-34-16(21)3/h5-12H,4,13-14H2,1-3H3,(H,28,31). The highest BCUT2D eigenvalue weighted by Gasteiger charge is 2.41. The van der Waals surface area contributed by atoms with Crippen LogP contribution in [0.3, 0.4) is 0 Å². The molecule has 34 heavy (non-hydrogen) atoms. The fraction of sp³-hybridized carbons (Fsp3) is 0.292. The molecule has 0 bridgehead atoms. The summed E-state index contributed by atoms with van der Waals surface area (Å²) >= 11 is 0. The number of amides is 2. The van der Waals surface area contributed by atoms with E-state index in [0.717, 1.165) is 11.3 Å². The van der Waals surface area contributed by atoms with E-state index >= 15 is 0 Å². The van der Waals surface area contributed by atoms with Crippen molar-refractivity contribution in [2.75, 3.05) is 11.9 Å². The Labute approximate surface area is 194 Å². The fourth-order valence-corrected chi connectivity index (χ4v) is 3.27. The maximum absolute atomic E-state index is 12.8. The molecule has 0 aliphatic heterocycles. The van der Waals surface area contributed by atoms with Gasteiger partial charge in [0.15, 0.2) is 0 Å². The lowest BCUT2D eigenvalue weighted by atomic mass is 10.1. The zero-order valence-corrected chi connectivity index (χ0v) is 18.9. The third kappa shape index (κ3) is 6.15. The minimum atomic E-state index is -4.94. The van der Waals surface area contributed by atoms with Crippen LogP contribution in [0.25, 0.3) is 0 Å². The van der Waals surface area contributed by atoms with Gasteiger partial charge in [0.25, 0.3) is 5.91 Å². The highest BCUT2D eigenvalue weighted by Crippen LogP contribution is 2.22. The second kappa shape index (κ2) is 10.4. The van der Waals surface area contributed by atoms with Crippen molar-refractivity contribution in [2.45, 2.75) is 40.1 Å². The van der Waals surface area contributed by atoms with Gasteiger partial charge in [-0.05, 0) is 56.7 Å². The zero-order valence-electron chi connectivity index (χ0n) is 18.9. The van der Waals surface area contributed by atoms with Gasteiger partial charge in [-0.1, -0.05) is 23.4 Å². The second-order valence-corrected chi connectivity index (χ2v) is 7.59. The van der Waals surface area contributed by atoms with E-state index in [9.17, 15) is 22.8 Å². The van der Waals surface area contributed by atoms with Crippen LogP contribution in [0.4, 0.5) is 18.9 Å². The summed E-state index contributed by atoms with van der Waals surface area (Å²) in [5.74, 6) is -1.19. The summed E-state index contributed by atoms with van der Waals surface area (Å²) in [7, 11) is 0. The maximum atomic E-state index is 12.8. The Morgan fingerprint density at radius 3 is 2.50 bits per heavy atom. The van der Waals surface area contributed by atoms with Crippen molar-refractivity contribution in [3.63, 3.8) is 0 Å². The molecule has 0 fully saturated rings.